The molecule has 1 unspecified atom stereocenters. The lowest BCUT2D eigenvalue weighted by Crippen LogP contribution is -2.33. The van der Waals surface area contributed by atoms with Crippen molar-refractivity contribution in [3.05, 3.63) is 45.1 Å². The van der Waals surface area contributed by atoms with Crippen LogP contribution in [0.5, 0.6) is 0 Å². The number of anilines is 1. The number of fused-ring (bicyclic) bond motifs is 1. The Bertz CT molecular complexity index is 1030. The fraction of sp³-hybridized carbons (Fsp3) is 0.545. The Morgan fingerprint density at radius 3 is 2.72 bits per heavy atom. The zero-order valence-corrected chi connectivity index (χ0v) is 16.9. The highest BCUT2D eigenvalue weighted by Gasteiger charge is 2.33. The largest absolute Gasteiger partial charge is 0.477 e. The molecule has 156 valence electrons. The minimum atomic E-state index is -1.28. The highest BCUT2D eigenvalue weighted by atomic mass is 19.1. The van der Waals surface area contributed by atoms with Crippen molar-refractivity contribution in [2.45, 2.75) is 57.9 Å². The van der Waals surface area contributed by atoms with Crippen LogP contribution in [0.2, 0.25) is 0 Å². The number of hydrogen-bond acceptors (Lipinski definition) is 4. The first kappa shape index (κ1) is 19.9. The van der Waals surface area contributed by atoms with E-state index >= 15 is 4.39 Å². The molecule has 6 nitrogen and oxygen atoms in total. The van der Waals surface area contributed by atoms with Crippen LogP contribution in [0.25, 0.3) is 5.52 Å². The predicted octanol–water partition coefficient (Wildman–Crippen LogP) is 3.28. The van der Waals surface area contributed by atoms with Gasteiger partial charge in [-0.15, -0.1) is 0 Å². The highest BCUT2D eigenvalue weighted by molar-refractivity contribution is 5.89. The second-order valence-corrected chi connectivity index (χ2v) is 8.51. The third kappa shape index (κ3) is 3.41. The van der Waals surface area contributed by atoms with Crippen molar-refractivity contribution in [1.82, 2.24) is 4.40 Å². The van der Waals surface area contributed by atoms with Gasteiger partial charge in [-0.25, -0.2) is 9.18 Å². The Morgan fingerprint density at radius 2 is 2.10 bits per heavy atom. The van der Waals surface area contributed by atoms with Crippen molar-refractivity contribution in [2.75, 3.05) is 18.0 Å². The van der Waals surface area contributed by atoms with E-state index in [0.29, 0.717) is 29.2 Å². The number of carboxylic acid groups (broad SMARTS) is 1. The number of nitrogens with zero attached hydrogens (tertiary/aromatic N) is 2. The molecule has 3 N–H and O–H groups in total. The number of nitrogens with two attached hydrogens (primary N) is 1. The third-order valence-electron chi connectivity index (χ3n) is 6.46. The first-order valence-corrected chi connectivity index (χ1v) is 10.5. The van der Waals surface area contributed by atoms with E-state index < -0.39 is 17.3 Å². The summed E-state index contributed by atoms with van der Waals surface area (Å²) < 4.78 is 16.4. The van der Waals surface area contributed by atoms with Gasteiger partial charge in [0.15, 0.2) is 5.82 Å². The molecule has 2 aliphatic rings. The van der Waals surface area contributed by atoms with Crippen LogP contribution in [0.15, 0.2) is 17.1 Å². The van der Waals surface area contributed by atoms with E-state index in [4.69, 9.17) is 5.73 Å². The maximum Gasteiger partial charge on any atom is 0.341 e. The molecule has 7 heteroatoms. The van der Waals surface area contributed by atoms with Gasteiger partial charge in [-0.2, -0.15) is 0 Å². The van der Waals surface area contributed by atoms with Crippen molar-refractivity contribution in [3.63, 3.8) is 0 Å². The molecule has 29 heavy (non-hydrogen) atoms. The summed E-state index contributed by atoms with van der Waals surface area (Å²) >= 11 is 0. The van der Waals surface area contributed by atoms with Crippen LogP contribution < -0.4 is 16.2 Å². The molecule has 1 saturated carbocycles. The van der Waals surface area contributed by atoms with Gasteiger partial charge >= 0.3 is 5.97 Å². The Balaban J connectivity index is 1.83. The first-order valence-electron chi connectivity index (χ1n) is 10.5. The highest BCUT2D eigenvalue weighted by Crippen LogP contribution is 2.44. The lowest BCUT2D eigenvalue weighted by Gasteiger charge is -2.25. The smallest absolute Gasteiger partial charge is 0.341 e. The quantitative estimate of drug-likeness (QED) is 0.776. The molecule has 0 bridgehead atoms. The van der Waals surface area contributed by atoms with Crippen LogP contribution in [-0.2, 0) is 0 Å². The van der Waals surface area contributed by atoms with Gasteiger partial charge in [0.05, 0.1) is 17.4 Å². The van der Waals surface area contributed by atoms with E-state index in [1.165, 1.54) is 10.5 Å². The summed E-state index contributed by atoms with van der Waals surface area (Å²) in [6.45, 7) is 5.37. The number of carbonyl (C=O) groups is 1. The molecule has 2 atom stereocenters. The molecular weight excluding hydrogens is 373 g/mol. The molecule has 1 aliphatic heterocycles. The minimum Gasteiger partial charge on any atom is -0.477 e. The summed E-state index contributed by atoms with van der Waals surface area (Å²) in [7, 11) is 0. The molecule has 2 aromatic heterocycles. The van der Waals surface area contributed by atoms with Crippen molar-refractivity contribution in [2.24, 2.45) is 11.7 Å². The number of carboxylic acids is 1. The Hall–Kier alpha value is -2.41. The molecule has 3 heterocycles. The standard InChI is InChI=1S/C22H28FN3O3/c1-3-4-18(24)14-7-8-25(10-14)20-12(2)19-15(13-5-6-13)9-16(22(28)29)21(27)26(19)11-17(20)23/h9,11,13-14,18H,3-8,10,24H2,1-2H3,(H,28,29)/t14?,18-/m0/s1. The lowest BCUT2D eigenvalue weighted by molar-refractivity contribution is 0.0694. The van der Waals surface area contributed by atoms with Gasteiger partial charge in [-0.3, -0.25) is 9.20 Å². The summed E-state index contributed by atoms with van der Waals surface area (Å²) in [5.74, 6) is -1.22. The zero-order chi connectivity index (χ0) is 20.9. The van der Waals surface area contributed by atoms with E-state index in [0.717, 1.165) is 50.4 Å². The van der Waals surface area contributed by atoms with Crippen LogP contribution in [0.4, 0.5) is 10.1 Å². The van der Waals surface area contributed by atoms with E-state index in [9.17, 15) is 14.7 Å². The van der Waals surface area contributed by atoms with Crippen LogP contribution in [0, 0.1) is 18.7 Å². The number of pyridine rings is 2. The number of rotatable bonds is 6. The third-order valence-corrected chi connectivity index (χ3v) is 6.46. The molecule has 0 aromatic carbocycles. The van der Waals surface area contributed by atoms with Crippen LogP contribution in [0.3, 0.4) is 0 Å². The van der Waals surface area contributed by atoms with Crippen molar-refractivity contribution >= 4 is 17.2 Å². The van der Waals surface area contributed by atoms with Crippen LogP contribution >= 0.6 is 0 Å². The SMILES string of the molecule is CCC[C@H](N)C1CCN(c2c(F)cn3c(=O)c(C(=O)O)cc(C4CC4)c3c2C)C1. The molecule has 2 aromatic rings. The Morgan fingerprint density at radius 1 is 1.38 bits per heavy atom. The number of aryl methyl sites for hydroxylation is 1. The van der Waals surface area contributed by atoms with Gasteiger partial charge in [0.25, 0.3) is 5.56 Å². The lowest BCUT2D eigenvalue weighted by atomic mass is 9.96. The molecule has 1 aliphatic carbocycles. The Labute approximate surface area is 169 Å². The van der Waals surface area contributed by atoms with E-state index in [-0.39, 0.29) is 17.5 Å². The van der Waals surface area contributed by atoms with E-state index in [1.54, 1.807) is 0 Å². The molecule has 0 spiro atoms. The number of aromatic carboxylic acids is 1. The fourth-order valence-electron chi connectivity index (χ4n) is 4.80. The van der Waals surface area contributed by atoms with Gasteiger partial charge in [-0.1, -0.05) is 13.3 Å². The summed E-state index contributed by atoms with van der Waals surface area (Å²) in [4.78, 5) is 26.3. The zero-order valence-electron chi connectivity index (χ0n) is 16.9. The average Bonchev–Trinajstić information content (AvgIpc) is 3.40. The van der Waals surface area contributed by atoms with Crippen LogP contribution in [-0.4, -0.2) is 34.6 Å². The average molecular weight is 401 g/mol. The van der Waals surface area contributed by atoms with Gasteiger partial charge in [0.1, 0.15) is 5.56 Å². The monoisotopic (exact) mass is 401 g/mol. The van der Waals surface area contributed by atoms with Gasteiger partial charge in [0, 0.05) is 19.1 Å². The van der Waals surface area contributed by atoms with E-state index in [2.05, 4.69) is 6.92 Å². The topological polar surface area (TPSA) is 88.0 Å². The van der Waals surface area contributed by atoms with E-state index in [1.807, 2.05) is 11.8 Å². The van der Waals surface area contributed by atoms with Gasteiger partial charge in [-0.05, 0) is 61.6 Å². The Kier molecular flexibility index (Phi) is 5.11. The summed E-state index contributed by atoms with van der Waals surface area (Å²) in [6.07, 6.45) is 5.98. The van der Waals surface area contributed by atoms with Crippen molar-refractivity contribution < 1.29 is 14.3 Å². The maximum atomic E-state index is 15.2. The van der Waals surface area contributed by atoms with Crippen molar-refractivity contribution in [1.29, 1.82) is 0 Å². The second-order valence-electron chi connectivity index (χ2n) is 8.51. The van der Waals surface area contributed by atoms with Crippen LogP contribution in [0.1, 0.15) is 66.4 Å². The first-order chi connectivity index (χ1) is 13.8. The molecule has 2 fully saturated rings. The number of halogens is 1. The molecule has 0 radical (unpaired) electrons. The molecule has 1 saturated heterocycles. The normalized spacial score (nSPS) is 20.4. The molecular formula is C22H28FN3O3. The van der Waals surface area contributed by atoms with Gasteiger partial charge < -0.3 is 15.7 Å². The minimum absolute atomic E-state index is 0.108. The van der Waals surface area contributed by atoms with Crippen molar-refractivity contribution in [3.8, 4) is 0 Å². The van der Waals surface area contributed by atoms with Gasteiger partial charge in [0.2, 0.25) is 0 Å². The summed E-state index contributed by atoms with van der Waals surface area (Å²) in [5, 5.41) is 9.42. The second kappa shape index (κ2) is 7.44. The predicted molar refractivity (Wildman–Crippen MR) is 110 cm³/mol. The summed E-state index contributed by atoms with van der Waals surface area (Å²) in [5.41, 5.74) is 8.02. The number of aromatic nitrogens is 1. The number of hydrogen-bond donors (Lipinski definition) is 2. The molecule has 0 amide bonds. The molecule has 4 rings (SSSR count). The summed E-state index contributed by atoms with van der Waals surface area (Å²) in [6, 6.07) is 1.60. The fourth-order valence-corrected chi connectivity index (χ4v) is 4.80. The maximum absolute atomic E-state index is 15.2.